The molecule has 0 saturated heterocycles. The van der Waals surface area contributed by atoms with Gasteiger partial charge in [-0.05, 0) is 35.2 Å². The second-order valence-electron chi connectivity index (χ2n) is 6.12. The Bertz CT molecular complexity index is 809. The smallest absolute Gasteiger partial charge is 0.290 e. The van der Waals surface area contributed by atoms with E-state index < -0.39 is 0 Å². The molecule has 25 heavy (non-hydrogen) atoms. The molecule has 0 aliphatic heterocycles. The summed E-state index contributed by atoms with van der Waals surface area (Å²) in [4.78, 5) is 12.2. The number of nitrogens with zero attached hydrogens (tertiary/aromatic N) is 1. The lowest BCUT2D eigenvalue weighted by Crippen LogP contribution is -2.39. The number of amides is 1. The zero-order valence-corrected chi connectivity index (χ0v) is 14.5. The van der Waals surface area contributed by atoms with Crippen LogP contribution in [0, 0.1) is 0 Å². The average molecular weight is 331 g/mol. The molecule has 0 atom stereocenters. The van der Waals surface area contributed by atoms with Crippen molar-refractivity contribution in [3.05, 3.63) is 84.7 Å². The predicted octanol–water partition coefficient (Wildman–Crippen LogP) is 4.23. The van der Waals surface area contributed by atoms with Crippen LogP contribution in [0.1, 0.15) is 18.9 Å². The quantitative estimate of drug-likeness (QED) is 0.674. The second-order valence-corrected chi connectivity index (χ2v) is 6.12. The summed E-state index contributed by atoms with van der Waals surface area (Å²) in [6.07, 6.45) is 6.12. The lowest BCUT2D eigenvalue weighted by molar-refractivity contribution is -0.684. The molecule has 3 heteroatoms. The molecule has 3 aromatic rings. The van der Waals surface area contributed by atoms with Crippen molar-refractivity contribution >= 4 is 11.6 Å². The Kier molecular flexibility index (Phi) is 5.57. The van der Waals surface area contributed by atoms with Crippen LogP contribution in [-0.2, 0) is 17.8 Å². The molecule has 1 aromatic heterocycles. The summed E-state index contributed by atoms with van der Waals surface area (Å²) >= 11 is 0. The Labute approximate surface area is 149 Å². The van der Waals surface area contributed by atoms with E-state index in [9.17, 15) is 4.79 Å². The number of aryl methyl sites for hydroxylation is 1. The average Bonchev–Trinajstić information content (AvgIpc) is 2.65. The number of aromatic nitrogens is 1. The lowest BCUT2D eigenvalue weighted by Gasteiger charge is -2.06. The number of anilines is 1. The third kappa shape index (κ3) is 4.77. The van der Waals surface area contributed by atoms with E-state index in [1.807, 2.05) is 59.4 Å². The summed E-state index contributed by atoms with van der Waals surface area (Å²) in [7, 11) is 0. The van der Waals surface area contributed by atoms with Gasteiger partial charge in [0.25, 0.3) is 5.91 Å². The van der Waals surface area contributed by atoms with Crippen molar-refractivity contribution < 1.29 is 9.36 Å². The first-order valence-electron chi connectivity index (χ1n) is 8.68. The van der Waals surface area contributed by atoms with Crippen molar-refractivity contribution in [3.63, 3.8) is 0 Å². The zero-order valence-electron chi connectivity index (χ0n) is 14.5. The van der Waals surface area contributed by atoms with Crippen LogP contribution >= 0.6 is 0 Å². The Hall–Kier alpha value is -2.94. The van der Waals surface area contributed by atoms with E-state index in [1.165, 1.54) is 11.1 Å². The fourth-order valence-electron chi connectivity index (χ4n) is 2.79. The highest BCUT2D eigenvalue weighted by atomic mass is 16.1. The van der Waals surface area contributed by atoms with E-state index in [0.29, 0.717) is 6.54 Å². The van der Waals surface area contributed by atoms with Gasteiger partial charge in [-0.25, -0.2) is 0 Å². The van der Waals surface area contributed by atoms with Gasteiger partial charge in [0.1, 0.15) is 0 Å². The number of hydrogen-bond acceptors (Lipinski definition) is 1. The molecule has 0 unspecified atom stereocenters. The number of hydrogen-bond donors (Lipinski definition) is 1. The third-order valence-corrected chi connectivity index (χ3v) is 4.10. The maximum absolute atomic E-state index is 12.2. The van der Waals surface area contributed by atoms with E-state index in [4.69, 9.17) is 0 Å². The molecule has 0 radical (unpaired) electrons. The molecule has 0 spiro atoms. The maximum Gasteiger partial charge on any atom is 0.290 e. The van der Waals surface area contributed by atoms with Gasteiger partial charge in [-0.2, -0.15) is 4.57 Å². The van der Waals surface area contributed by atoms with Gasteiger partial charge in [-0.3, -0.25) is 4.79 Å². The number of pyridine rings is 1. The fraction of sp³-hybridized carbons (Fsp3) is 0.182. The third-order valence-electron chi connectivity index (χ3n) is 4.10. The highest BCUT2D eigenvalue weighted by molar-refractivity contribution is 5.90. The van der Waals surface area contributed by atoms with Gasteiger partial charge in [-0.1, -0.05) is 55.8 Å². The van der Waals surface area contributed by atoms with Crippen LogP contribution in [0.2, 0.25) is 0 Å². The van der Waals surface area contributed by atoms with Gasteiger partial charge >= 0.3 is 0 Å². The van der Waals surface area contributed by atoms with Gasteiger partial charge in [-0.15, -0.1) is 0 Å². The van der Waals surface area contributed by atoms with Gasteiger partial charge in [0, 0.05) is 17.8 Å². The van der Waals surface area contributed by atoms with Crippen LogP contribution in [0.4, 0.5) is 5.69 Å². The number of carbonyl (C=O) groups is 1. The van der Waals surface area contributed by atoms with Gasteiger partial charge in [0.05, 0.1) is 0 Å². The molecule has 1 amide bonds. The molecule has 0 aliphatic carbocycles. The Morgan fingerprint density at radius 2 is 1.52 bits per heavy atom. The molecule has 0 bridgehead atoms. The minimum atomic E-state index is -0.0271. The van der Waals surface area contributed by atoms with E-state index >= 15 is 0 Å². The van der Waals surface area contributed by atoms with Crippen LogP contribution < -0.4 is 9.88 Å². The molecule has 3 nitrogen and oxygen atoms in total. The Balaban J connectivity index is 1.59. The molecular formula is C22H23N2O+. The van der Waals surface area contributed by atoms with Crippen LogP contribution in [0.5, 0.6) is 0 Å². The van der Waals surface area contributed by atoms with Crippen LogP contribution in [0.25, 0.3) is 11.1 Å². The Morgan fingerprint density at radius 3 is 2.16 bits per heavy atom. The SMILES string of the molecule is CCCc1cc[n+](CC(=O)Nc2ccc(-c3ccccc3)cc2)cc1. The number of benzene rings is 2. The van der Waals surface area contributed by atoms with Crippen LogP contribution in [-0.4, -0.2) is 5.91 Å². The number of nitrogens with one attached hydrogen (secondary N) is 1. The van der Waals surface area contributed by atoms with Gasteiger partial charge in [0.15, 0.2) is 12.4 Å². The second kappa shape index (κ2) is 8.25. The van der Waals surface area contributed by atoms with E-state index in [1.54, 1.807) is 0 Å². The lowest BCUT2D eigenvalue weighted by atomic mass is 10.1. The topological polar surface area (TPSA) is 33.0 Å². The summed E-state index contributed by atoms with van der Waals surface area (Å²) in [6, 6.07) is 22.3. The van der Waals surface area contributed by atoms with E-state index in [0.717, 1.165) is 24.1 Å². The monoisotopic (exact) mass is 331 g/mol. The normalized spacial score (nSPS) is 10.4. The molecule has 126 valence electrons. The zero-order chi connectivity index (χ0) is 17.5. The summed E-state index contributed by atoms with van der Waals surface area (Å²) in [6.45, 7) is 2.48. The minimum absolute atomic E-state index is 0.0271. The van der Waals surface area contributed by atoms with Crippen LogP contribution in [0.3, 0.4) is 0 Å². The van der Waals surface area contributed by atoms with Crippen molar-refractivity contribution in [1.82, 2.24) is 0 Å². The maximum atomic E-state index is 12.2. The first kappa shape index (κ1) is 16.9. The standard InChI is InChI=1S/C22H22N2O/c1-2-6-18-13-15-24(16-14-18)17-22(25)23-21-11-9-20(10-12-21)19-7-4-3-5-8-19/h3-5,7-16H,2,6,17H2,1H3/p+1. The largest absolute Gasteiger partial charge is 0.321 e. The molecule has 2 aromatic carbocycles. The Morgan fingerprint density at radius 1 is 0.880 bits per heavy atom. The van der Waals surface area contributed by atoms with Crippen molar-refractivity contribution in [2.24, 2.45) is 0 Å². The molecule has 0 fully saturated rings. The predicted molar refractivity (Wildman–Crippen MR) is 101 cm³/mol. The minimum Gasteiger partial charge on any atom is -0.321 e. The number of carbonyl (C=O) groups excluding carboxylic acids is 1. The molecule has 0 saturated carbocycles. The van der Waals surface area contributed by atoms with Crippen LogP contribution in [0.15, 0.2) is 79.1 Å². The molecule has 1 heterocycles. The molecular weight excluding hydrogens is 308 g/mol. The van der Waals surface area contributed by atoms with Gasteiger partial charge < -0.3 is 5.32 Å². The summed E-state index contributed by atoms with van der Waals surface area (Å²) < 4.78 is 1.90. The summed E-state index contributed by atoms with van der Waals surface area (Å²) in [5.74, 6) is -0.0271. The first-order chi connectivity index (χ1) is 12.2. The fourth-order valence-corrected chi connectivity index (χ4v) is 2.79. The van der Waals surface area contributed by atoms with Crippen molar-refractivity contribution in [3.8, 4) is 11.1 Å². The number of rotatable bonds is 6. The highest BCUT2D eigenvalue weighted by Gasteiger charge is 2.09. The van der Waals surface area contributed by atoms with E-state index in [-0.39, 0.29) is 5.91 Å². The first-order valence-corrected chi connectivity index (χ1v) is 8.68. The van der Waals surface area contributed by atoms with E-state index in [2.05, 4.69) is 36.5 Å². The van der Waals surface area contributed by atoms with Crippen molar-refractivity contribution in [2.45, 2.75) is 26.3 Å². The summed E-state index contributed by atoms with van der Waals surface area (Å²) in [5.41, 5.74) is 4.42. The molecule has 1 N–H and O–H groups in total. The van der Waals surface area contributed by atoms with Crippen molar-refractivity contribution in [2.75, 3.05) is 5.32 Å². The summed E-state index contributed by atoms with van der Waals surface area (Å²) in [5, 5.41) is 2.95. The van der Waals surface area contributed by atoms with Crippen molar-refractivity contribution in [1.29, 1.82) is 0 Å². The van der Waals surface area contributed by atoms with Gasteiger partial charge in [0.2, 0.25) is 6.54 Å². The molecule has 0 aliphatic rings. The highest BCUT2D eigenvalue weighted by Crippen LogP contribution is 2.20. The molecule has 3 rings (SSSR count).